The van der Waals surface area contributed by atoms with Crippen LogP contribution in [0.2, 0.25) is 0 Å². The molecule has 0 bridgehead atoms. The summed E-state index contributed by atoms with van der Waals surface area (Å²) in [6.45, 7) is 0. The van der Waals surface area contributed by atoms with Crippen molar-refractivity contribution < 1.29 is 4.57 Å². The van der Waals surface area contributed by atoms with Crippen molar-refractivity contribution in [3.8, 4) is 0 Å². The van der Waals surface area contributed by atoms with Crippen molar-refractivity contribution in [3.63, 3.8) is 0 Å². The molecule has 0 fully saturated rings. The number of pyridine rings is 1. The second-order valence-corrected chi connectivity index (χ2v) is 3.51. The van der Waals surface area contributed by atoms with Crippen molar-refractivity contribution in [2.75, 3.05) is 0 Å². The Balaban J connectivity index is 2.18. The SMILES string of the molecule is C1=CC2=Cc3cccc[n+]3C=CN2C=C1. The molecule has 0 saturated carbocycles. The van der Waals surface area contributed by atoms with E-state index in [0.29, 0.717) is 0 Å². The Hall–Kier alpha value is -2.09. The van der Waals surface area contributed by atoms with Gasteiger partial charge in [0.25, 0.3) is 0 Å². The van der Waals surface area contributed by atoms with E-state index in [0.717, 1.165) is 0 Å². The average molecular weight is 195 g/mol. The summed E-state index contributed by atoms with van der Waals surface area (Å²) in [6.07, 6.45) is 16.6. The van der Waals surface area contributed by atoms with Crippen molar-refractivity contribution in [2.45, 2.75) is 0 Å². The Bertz CT molecular complexity index is 507. The molecule has 0 unspecified atom stereocenters. The lowest BCUT2D eigenvalue weighted by Gasteiger charge is -2.16. The predicted octanol–water partition coefficient (Wildman–Crippen LogP) is 2.14. The Labute approximate surface area is 88.8 Å². The molecule has 2 heteroatoms. The molecular weight excluding hydrogens is 184 g/mol. The van der Waals surface area contributed by atoms with E-state index in [-0.39, 0.29) is 0 Å². The number of rotatable bonds is 0. The lowest BCUT2D eigenvalue weighted by molar-refractivity contribution is -0.570. The molecule has 0 saturated heterocycles. The van der Waals surface area contributed by atoms with Crippen LogP contribution >= 0.6 is 0 Å². The fraction of sp³-hybridized carbons (Fsp3) is 0. The van der Waals surface area contributed by atoms with Crippen LogP contribution in [0.15, 0.2) is 60.7 Å². The summed E-state index contributed by atoms with van der Waals surface area (Å²) < 4.78 is 2.10. The lowest BCUT2D eigenvalue weighted by Crippen LogP contribution is -2.28. The van der Waals surface area contributed by atoms with Gasteiger partial charge in [0.05, 0.1) is 11.9 Å². The van der Waals surface area contributed by atoms with E-state index < -0.39 is 0 Å². The smallest absolute Gasteiger partial charge is 0.212 e. The summed E-state index contributed by atoms with van der Waals surface area (Å²) in [6, 6.07) is 6.18. The van der Waals surface area contributed by atoms with E-state index in [4.69, 9.17) is 0 Å². The molecule has 2 aliphatic rings. The van der Waals surface area contributed by atoms with Crippen LogP contribution in [-0.2, 0) is 0 Å². The third-order valence-electron chi connectivity index (χ3n) is 2.53. The highest BCUT2D eigenvalue weighted by atomic mass is 15.1. The summed E-state index contributed by atoms with van der Waals surface area (Å²) in [4.78, 5) is 2.10. The number of nitrogens with zero attached hydrogens (tertiary/aromatic N) is 2. The Morgan fingerprint density at radius 2 is 2.07 bits per heavy atom. The first-order valence-electron chi connectivity index (χ1n) is 4.97. The zero-order chi connectivity index (χ0) is 10.1. The van der Waals surface area contributed by atoms with Crippen molar-refractivity contribution in [1.82, 2.24) is 4.90 Å². The van der Waals surface area contributed by atoms with Crippen LogP contribution in [-0.4, -0.2) is 4.90 Å². The average Bonchev–Trinajstić information content (AvgIpc) is 2.48. The fourth-order valence-electron chi connectivity index (χ4n) is 1.75. The Morgan fingerprint density at radius 3 is 3.07 bits per heavy atom. The summed E-state index contributed by atoms with van der Waals surface area (Å²) in [7, 11) is 0. The van der Waals surface area contributed by atoms with Gasteiger partial charge in [-0.05, 0) is 18.2 Å². The normalized spacial score (nSPS) is 16.8. The molecule has 3 rings (SSSR count). The maximum absolute atomic E-state index is 2.17. The maximum Gasteiger partial charge on any atom is 0.212 e. The van der Waals surface area contributed by atoms with Crippen LogP contribution in [0.1, 0.15) is 5.69 Å². The minimum Gasteiger partial charge on any atom is -0.318 e. The van der Waals surface area contributed by atoms with Crippen LogP contribution < -0.4 is 4.57 Å². The fourth-order valence-corrected chi connectivity index (χ4v) is 1.75. The van der Waals surface area contributed by atoms with Gasteiger partial charge in [0.15, 0.2) is 12.4 Å². The number of allylic oxidation sites excluding steroid dienone is 3. The molecule has 0 aromatic carbocycles. The van der Waals surface area contributed by atoms with Crippen LogP contribution in [0.25, 0.3) is 12.3 Å². The number of hydrogen-bond donors (Lipinski definition) is 0. The second-order valence-electron chi connectivity index (χ2n) is 3.51. The number of fused-ring (bicyclic) bond motifs is 2. The topological polar surface area (TPSA) is 7.12 Å². The number of aromatic nitrogens is 1. The van der Waals surface area contributed by atoms with E-state index in [1.807, 2.05) is 12.1 Å². The standard InChI is InChI=1S/C13H11N2/c1-3-7-14-9-10-15-8-4-2-6-13(15)11-12(14)5-1/h1-11H/q+1. The van der Waals surface area contributed by atoms with Gasteiger partial charge in [0, 0.05) is 24.4 Å². The molecule has 1 aromatic heterocycles. The van der Waals surface area contributed by atoms with Crippen molar-refractivity contribution in [3.05, 3.63) is 66.4 Å². The predicted molar refractivity (Wildman–Crippen MR) is 60.1 cm³/mol. The highest BCUT2D eigenvalue weighted by Crippen LogP contribution is 2.17. The zero-order valence-corrected chi connectivity index (χ0v) is 8.25. The van der Waals surface area contributed by atoms with Gasteiger partial charge in [-0.25, -0.2) is 0 Å². The van der Waals surface area contributed by atoms with Gasteiger partial charge in [0.2, 0.25) is 5.69 Å². The Morgan fingerprint density at radius 1 is 1.07 bits per heavy atom. The lowest BCUT2D eigenvalue weighted by atomic mass is 10.2. The molecule has 15 heavy (non-hydrogen) atoms. The van der Waals surface area contributed by atoms with Crippen molar-refractivity contribution in [2.24, 2.45) is 0 Å². The molecule has 3 heterocycles. The molecule has 0 spiro atoms. The summed E-state index contributed by atoms with van der Waals surface area (Å²) >= 11 is 0. The maximum atomic E-state index is 2.17. The molecular formula is C13H11N2+. The van der Waals surface area contributed by atoms with E-state index in [9.17, 15) is 0 Å². The van der Waals surface area contributed by atoms with Gasteiger partial charge >= 0.3 is 0 Å². The van der Waals surface area contributed by atoms with Crippen molar-refractivity contribution >= 4 is 12.3 Å². The molecule has 0 atom stereocenters. The largest absolute Gasteiger partial charge is 0.318 e. The molecule has 2 aliphatic heterocycles. The summed E-state index contributed by atoms with van der Waals surface area (Å²) in [5.41, 5.74) is 2.37. The van der Waals surface area contributed by atoms with Gasteiger partial charge in [-0.3, -0.25) is 0 Å². The molecule has 72 valence electrons. The van der Waals surface area contributed by atoms with Crippen LogP contribution in [0.5, 0.6) is 0 Å². The molecule has 2 nitrogen and oxygen atoms in total. The summed E-state index contributed by atoms with van der Waals surface area (Å²) in [5.74, 6) is 0. The van der Waals surface area contributed by atoms with Crippen LogP contribution in [0.3, 0.4) is 0 Å². The molecule has 0 N–H and O–H groups in total. The minimum atomic E-state index is 1.19. The molecule has 1 aromatic rings. The highest BCUT2D eigenvalue weighted by molar-refractivity contribution is 5.54. The van der Waals surface area contributed by atoms with Crippen molar-refractivity contribution in [1.29, 1.82) is 0 Å². The first-order valence-corrected chi connectivity index (χ1v) is 4.97. The first kappa shape index (κ1) is 8.24. The summed E-state index contributed by atoms with van der Waals surface area (Å²) in [5, 5.41) is 0. The first-order chi connectivity index (χ1) is 7.43. The quantitative estimate of drug-likeness (QED) is 0.575. The van der Waals surface area contributed by atoms with E-state index in [1.54, 1.807) is 0 Å². The number of hydrogen-bond acceptors (Lipinski definition) is 1. The minimum absolute atomic E-state index is 1.19. The molecule has 0 radical (unpaired) electrons. The van der Waals surface area contributed by atoms with E-state index in [1.165, 1.54) is 11.4 Å². The third-order valence-corrected chi connectivity index (χ3v) is 2.53. The highest BCUT2D eigenvalue weighted by Gasteiger charge is 2.13. The zero-order valence-electron chi connectivity index (χ0n) is 8.25. The second kappa shape index (κ2) is 3.24. The van der Waals surface area contributed by atoms with Gasteiger partial charge in [-0.2, -0.15) is 4.57 Å². The molecule has 0 amide bonds. The van der Waals surface area contributed by atoms with E-state index in [2.05, 4.69) is 64.6 Å². The van der Waals surface area contributed by atoms with Gasteiger partial charge in [0.1, 0.15) is 0 Å². The monoisotopic (exact) mass is 195 g/mol. The third kappa shape index (κ3) is 1.40. The van der Waals surface area contributed by atoms with Gasteiger partial charge in [-0.1, -0.05) is 6.08 Å². The molecule has 0 aliphatic carbocycles. The van der Waals surface area contributed by atoms with E-state index >= 15 is 0 Å². The van der Waals surface area contributed by atoms with Crippen LogP contribution in [0.4, 0.5) is 0 Å². The van der Waals surface area contributed by atoms with Crippen LogP contribution in [0, 0.1) is 0 Å². The van der Waals surface area contributed by atoms with Gasteiger partial charge in [-0.15, -0.1) is 0 Å². The Kier molecular flexibility index (Phi) is 1.78. The van der Waals surface area contributed by atoms with Gasteiger partial charge < -0.3 is 4.90 Å².